The van der Waals surface area contributed by atoms with E-state index in [0.29, 0.717) is 11.5 Å². The number of nitrogens with zero attached hydrogens (tertiary/aromatic N) is 3. The first-order valence-corrected chi connectivity index (χ1v) is 8.32. The quantitative estimate of drug-likeness (QED) is 0.740. The van der Waals surface area contributed by atoms with Crippen LogP contribution in [0, 0.1) is 0 Å². The summed E-state index contributed by atoms with van der Waals surface area (Å²) in [4.78, 5) is 4.57. The van der Waals surface area contributed by atoms with E-state index in [1.165, 1.54) is 6.20 Å². The zero-order valence-corrected chi connectivity index (χ0v) is 12.4. The fraction of sp³-hybridized carbons (Fsp3) is 0.0625. The number of aromatic nitrogens is 3. The highest BCUT2D eigenvalue weighted by Crippen LogP contribution is 2.17. The van der Waals surface area contributed by atoms with Crippen LogP contribution in [0.3, 0.4) is 0 Å². The summed E-state index contributed by atoms with van der Waals surface area (Å²) < 4.78 is 24.7. The van der Waals surface area contributed by atoms with Crippen molar-refractivity contribution in [3.63, 3.8) is 0 Å². The van der Waals surface area contributed by atoms with Gasteiger partial charge in [-0.05, 0) is 12.1 Å². The Hall–Kier alpha value is -2.60. The molecule has 3 aromatic rings. The Morgan fingerprint density at radius 3 is 2.18 bits per heavy atom. The molecule has 0 N–H and O–H groups in total. The second-order valence-corrected chi connectivity index (χ2v) is 6.70. The van der Waals surface area contributed by atoms with Crippen molar-refractivity contribution in [1.82, 2.24) is 15.2 Å². The van der Waals surface area contributed by atoms with E-state index in [4.69, 9.17) is 0 Å². The Balaban J connectivity index is 1.91. The smallest absolute Gasteiger partial charge is 0.184 e. The fourth-order valence-corrected chi connectivity index (χ4v) is 3.29. The van der Waals surface area contributed by atoms with E-state index >= 15 is 0 Å². The maximum absolute atomic E-state index is 12.4. The van der Waals surface area contributed by atoms with Gasteiger partial charge in [0.05, 0.1) is 22.5 Å². The molecule has 0 amide bonds. The molecule has 0 atom stereocenters. The van der Waals surface area contributed by atoms with Gasteiger partial charge in [-0.25, -0.2) is 13.4 Å². The zero-order chi connectivity index (χ0) is 15.4. The lowest BCUT2D eigenvalue weighted by molar-refractivity contribution is 0.594. The van der Waals surface area contributed by atoms with Crippen molar-refractivity contribution >= 4 is 9.84 Å². The maximum atomic E-state index is 12.4. The molecule has 0 saturated heterocycles. The Labute approximate surface area is 128 Å². The van der Waals surface area contributed by atoms with Crippen molar-refractivity contribution in [2.24, 2.45) is 0 Å². The zero-order valence-electron chi connectivity index (χ0n) is 11.6. The molecule has 0 spiro atoms. The first-order chi connectivity index (χ1) is 10.6. The van der Waals surface area contributed by atoms with Crippen molar-refractivity contribution in [2.45, 2.75) is 10.6 Å². The van der Waals surface area contributed by atoms with Crippen LogP contribution >= 0.6 is 0 Å². The molecule has 0 aliphatic rings. The van der Waals surface area contributed by atoms with E-state index in [2.05, 4.69) is 15.2 Å². The Morgan fingerprint density at radius 2 is 1.50 bits per heavy atom. The predicted molar refractivity (Wildman–Crippen MR) is 82.6 cm³/mol. The van der Waals surface area contributed by atoms with Gasteiger partial charge < -0.3 is 0 Å². The third-order valence-corrected chi connectivity index (χ3v) is 4.75. The van der Waals surface area contributed by atoms with Gasteiger partial charge in [0, 0.05) is 5.56 Å². The second kappa shape index (κ2) is 6.03. The summed E-state index contributed by atoms with van der Waals surface area (Å²) in [7, 11) is -3.44. The maximum Gasteiger partial charge on any atom is 0.184 e. The van der Waals surface area contributed by atoms with Crippen LogP contribution in [0.1, 0.15) is 5.69 Å². The van der Waals surface area contributed by atoms with Crippen LogP contribution in [-0.2, 0) is 15.6 Å². The lowest BCUT2D eigenvalue weighted by Crippen LogP contribution is -2.08. The number of hydrogen-bond donors (Lipinski definition) is 0. The highest BCUT2D eigenvalue weighted by atomic mass is 32.2. The van der Waals surface area contributed by atoms with E-state index in [9.17, 15) is 8.42 Å². The summed E-state index contributed by atoms with van der Waals surface area (Å²) in [5, 5.41) is 7.82. The Bertz CT molecular complexity index is 866. The van der Waals surface area contributed by atoms with Gasteiger partial charge in [-0.1, -0.05) is 48.5 Å². The number of hydrogen-bond acceptors (Lipinski definition) is 5. The van der Waals surface area contributed by atoms with Crippen LogP contribution < -0.4 is 0 Å². The van der Waals surface area contributed by atoms with Crippen LogP contribution in [-0.4, -0.2) is 23.6 Å². The molecule has 22 heavy (non-hydrogen) atoms. The molecule has 2 aromatic carbocycles. The minimum absolute atomic E-state index is 0.202. The Morgan fingerprint density at radius 1 is 0.864 bits per heavy atom. The lowest BCUT2D eigenvalue weighted by atomic mass is 10.2. The standard InChI is InChI=1S/C16H13N3O2S/c20-22(21,15-9-5-2-6-10-15)12-14-11-17-19-16(18-14)13-7-3-1-4-8-13/h1-11H,12H2. The summed E-state index contributed by atoms with van der Waals surface area (Å²) >= 11 is 0. The van der Waals surface area contributed by atoms with Gasteiger partial charge in [-0.2, -0.15) is 5.10 Å². The minimum Gasteiger partial charge on any atom is -0.229 e. The molecule has 0 saturated carbocycles. The average molecular weight is 311 g/mol. The molecule has 3 rings (SSSR count). The monoisotopic (exact) mass is 311 g/mol. The molecular weight excluding hydrogens is 298 g/mol. The lowest BCUT2D eigenvalue weighted by Gasteiger charge is -2.05. The molecule has 6 heteroatoms. The highest BCUT2D eigenvalue weighted by molar-refractivity contribution is 7.90. The summed E-state index contributed by atoms with van der Waals surface area (Å²) in [6.45, 7) is 0. The molecule has 5 nitrogen and oxygen atoms in total. The Kier molecular flexibility index (Phi) is 3.93. The third-order valence-electron chi connectivity index (χ3n) is 3.08. The largest absolute Gasteiger partial charge is 0.229 e. The van der Waals surface area contributed by atoms with Crippen molar-refractivity contribution in [1.29, 1.82) is 0 Å². The first-order valence-electron chi connectivity index (χ1n) is 6.67. The molecule has 0 fully saturated rings. The highest BCUT2D eigenvalue weighted by Gasteiger charge is 2.16. The van der Waals surface area contributed by atoms with Gasteiger partial charge in [-0.15, -0.1) is 5.10 Å². The molecule has 0 unspecified atom stereocenters. The molecule has 0 aliphatic heterocycles. The second-order valence-electron chi connectivity index (χ2n) is 4.71. The molecule has 110 valence electrons. The van der Waals surface area contributed by atoms with Crippen LogP contribution in [0.2, 0.25) is 0 Å². The fourth-order valence-electron chi connectivity index (χ4n) is 2.02. The van der Waals surface area contributed by atoms with Gasteiger partial charge in [0.1, 0.15) is 0 Å². The summed E-state index contributed by atoms with van der Waals surface area (Å²) in [6, 6.07) is 17.6. The van der Waals surface area contributed by atoms with Gasteiger partial charge in [0.25, 0.3) is 0 Å². The van der Waals surface area contributed by atoms with Crippen LogP contribution in [0.5, 0.6) is 0 Å². The number of sulfone groups is 1. The summed E-state index contributed by atoms with van der Waals surface area (Å²) in [6.07, 6.45) is 1.38. The molecule has 0 radical (unpaired) electrons. The van der Waals surface area contributed by atoms with E-state index < -0.39 is 9.84 Å². The van der Waals surface area contributed by atoms with E-state index in [1.807, 2.05) is 30.3 Å². The van der Waals surface area contributed by atoms with Crippen molar-refractivity contribution in [3.8, 4) is 11.4 Å². The summed E-state index contributed by atoms with van der Waals surface area (Å²) in [5.41, 5.74) is 1.17. The van der Waals surface area contributed by atoms with Crippen LogP contribution in [0.15, 0.2) is 71.8 Å². The van der Waals surface area contributed by atoms with Gasteiger partial charge in [-0.3, -0.25) is 0 Å². The van der Waals surface area contributed by atoms with Crippen molar-refractivity contribution in [2.75, 3.05) is 0 Å². The summed E-state index contributed by atoms with van der Waals surface area (Å²) in [5.74, 6) is 0.216. The first kappa shape index (κ1) is 14.3. The van der Waals surface area contributed by atoms with Crippen LogP contribution in [0.4, 0.5) is 0 Å². The van der Waals surface area contributed by atoms with E-state index in [1.54, 1.807) is 30.3 Å². The molecule has 1 aromatic heterocycles. The van der Waals surface area contributed by atoms with Crippen LogP contribution in [0.25, 0.3) is 11.4 Å². The topological polar surface area (TPSA) is 72.8 Å². The molecule has 0 bridgehead atoms. The number of rotatable bonds is 4. The van der Waals surface area contributed by atoms with Crippen molar-refractivity contribution in [3.05, 3.63) is 72.6 Å². The van der Waals surface area contributed by atoms with E-state index in [-0.39, 0.29) is 10.6 Å². The van der Waals surface area contributed by atoms with Gasteiger partial charge in [0.2, 0.25) is 0 Å². The number of benzene rings is 2. The molecule has 0 aliphatic carbocycles. The predicted octanol–water partition coefficient (Wildman–Crippen LogP) is 2.51. The van der Waals surface area contributed by atoms with Gasteiger partial charge >= 0.3 is 0 Å². The molecule has 1 heterocycles. The third kappa shape index (κ3) is 3.17. The SMILES string of the molecule is O=S(=O)(Cc1cnnc(-c2ccccc2)n1)c1ccccc1. The normalized spacial score (nSPS) is 11.3. The minimum atomic E-state index is -3.44. The van der Waals surface area contributed by atoms with Gasteiger partial charge in [0.15, 0.2) is 15.7 Å². The van der Waals surface area contributed by atoms with E-state index in [0.717, 1.165) is 5.56 Å². The van der Waals surface area contributed by atoms with Crippen molar-refractivity contribution < 1.29 is 8.42 Å². The average Bonchev–Trinajstić information content (AvgIpc) is 2.56. The molecular formula is C16H13N3O2S.